The Kier molecular flexibility index (Phi) is 6.31. The summed E-state index contributed by atoms with van der Waals surface area (Å²) in [5.74, 6) is 1.57. The van der Waals surface area contributed by atoms with Crippen molar-refractivity contribution in [2.75, 3.05) is 20.8 Å². The van der Waals surface area contributed by atoms with E-state index in [-0.39, 0.29) is 6.04 Å². The summed E-state index contributed by atoms with van der Waals surface area (Å²) in [6.07, 6.45) is 2.08. The molecule has 3 aromatic carbocycles. The summed E-state index contributed by atoms with van der Waals surface area (Å²) in [5, 5.41) is 0.770. The SMILES string of the molecule is CCc1ccc(C[NH+]2CCc3cc(OC)c(OC)cc3[C@@H]2c2cccc(Cl)c2)cc1. The fourth-order valence-electron chi connectivity index (χ4n) is 4.53. The first kappa shape index (κ1) is 20.8. The molecule has 1 aliphatic heterocycles. The Bertz CT molecular complexity index is 1020. The van der Waals surface area contributed by atoms with Gasteiger partial charge in [-0.2, -0.15) is 0 Å². The summed E-state index contributed by atoms with van der Waals surface area (Å²) in [4.78, 5) is 1.52. The number of fused-ring (bicyclic) bond motifs is 1. The molecule has 0 aromatic heterocycles. The van der Waals surface area contributed by atoms with Crippen LogP contribution in [0.2, 0.25) is 5.02 Å². The van der Waals surface area contributed by atoms with Gasteiger partial charge in [0.25, 0.3) is 0 Å². The Morgan fingerprint density at radius 3 is 2.30 bits per heavy atom. The Balaban J connectivity index is 1.76. The smallest absolute Gasteiger partial charge is 0.161 e. The lowest BCUT2D eigenvalue weighted by Gasteiger charge is -2.35. The normalized spacial score (nSPS) is 18.0. The molecule has 4 rings (SSSR count). The van der Waals surface area contributed by atoms with E-state index >= 15 is 0 Å². The summed E-state index contributed by atoms with van der Waals surface area (Å²) in [6, 6.07) is 21.8. The minimum absolute atomic E-state index is 0.193. The van der Waals surface area contributed by atoms with Crippen LogP contribution in [0.3, 0.4) is 0 Å². The highest BCUT2D eigenvalue weighted by molar-refractivity contribution is 6.30. The number of benzene rings is 3. The van der Waals surface area contributed by atoms with Crippen LogP contribution in [0.4, 0.5) is 0 Å². The first-order chi connectivity index (χ1) is 14.6. The van der Waals surface area contributed by atoms with Crippen molar-refractivity contribution in [1.29, 1.82) is 0 Å². The van der Waals surface area contributed by atoms with Crippen LogP contribution < -0.4 is 14.4 Å². The number of rotatable bonds is 6. The van der Waals surface area contributed by atoms with Gasteiger partial charge in [0.15, 0.2) is 11.5 Å². The molecule has 0 fully saturated rings. The zero-order chi connectivity index (χ0) is 21.1. The van der Waals surface area contributed by atoms with E-state index in [1.807, 2.05) is 12.1 Å². The minimum atomic E-state index is 0.193. The number of halogens is 1. The molecule has 1 N–H and O–H groups in total. The molecule has 156 valence electrons. The lowest BCUT2D eigenvalue weighted by molar-refractivity contribution is -0.941. The van der Waals surface area contributed by atoms with E-state index in [2.05, 4.69) is 55.5 Å². The molecule has 1 unspecified atom stereocenters. The second-order valence-corrected chi connectivity index (χ2v) is 8.34. The summed E-state index contributed by atoms with van der Waals surface area (Å²) in [5.41, 5.74) is 6.58. The molecule has 4 heteroatoms. The number of hydrogen-bond donors (Lipinski definition) is 1. The van der Waals surface area contributed by atoms with Crippen molar-refractivity contribution < 1.29 is 14.4 Å². The molecule has 0 saturated heterocycles. The summed E-state index contributed by atoms with van der Waals surface area (Å²) >= 11 is 6.38. The number of ether oxygens (including phenoxy) is 2. The number of aryl methyl sites for hydroxylation is 1. The maximum Gasteiger partial charge on any atom is 0.161 e. The largest absolute Gasteiger partial charge is 0.493 e. The van der Waals surface area contributed by atoms with E-state index < -0.39 is 0 Å². The van der Waals surface area contributed by atoms with Gasteiger partial charge in [-0.1, -0.05) is 54.9 Å². The highest BCUT2D eigenvalue weighted by Crippen LogP contribution is 2.36. The molecule has 3 aromatic rings. The number of methoxy groups -OCH3 is 2. The fraction of sp³-hybridized carbons (Fsp3) is 0.308. The Morgan fingerprint density at radius 1 is 0.933 bits per heavy atom. The third kappa shape index (κ3) is 4.19. The van der Waals surface area contributed by atoms with Gasteiger partial charge in [-0.05, 0) is 41.8 Å². The van der Waals surface area contributed by atoms with Crippen molar-refractivity contribution in [3.8, 4) is 11.5 Å². The second kappa shape index (κ2) is 9.11. The summed E-state index contributed by atoms with van der Waals surface area (Å²) < 4.78 is 11.2. The van der Waals surface area contributed by atoms with Gasteiger partial charge >= 0.3 is 0 Å². The van der Waals surface area contributed by atoms with Gasteiger partial charge in [-0.3, -0.25) is 0 Å². The predicted molar refractivity (Wildman–Crippen MR) is 122 cm³/mol. The molecular weight excluding hydrogens is 394 g/mol. The monoisotopic (exact) mass is 422 g/mol. The third-order valence-electron chi connectivity index (χ3n) is 6.12. The zero-order valence-electron chi connectivity index (χ0n) is 17.9. The average molecular weight is 423 g/mol. The van der Waals surface area contributed by atoms with E-state index in [1.165, 1.54) is 32.7 Å². The molecular formula is C26H29ClNO2+. The van der Waals surface area contributed by atoms with Gasteiger partial charge in [0.1, 0.15) is 12.6 Å². The predicted octanol–water partition coefficient (Wildman–Crippen LogP) is 4.65. The Labute approximate surface area is 184 Å². The molecule has 1 heterocycles. The van der Waals surface area contributed by atoms with Crippen molar-refractivity contribution in [3.63, 3.8) is 0 Å². The molecule has 30 heavy (non-hydrogen) atoms. The Morgan fingerprint density at radius 2 is 1.63 bits per heavy atom. The minimum Gasteiger partial charge on any atom is -0.493 e. The topological polar surface area (TPSA) is 22.9 Å². The molecule has 0 aliphatic carbocycles. The van der Waals surface area contributed by atoms with Crippen LogP contribution in [0.25, 0.3) is 0 Å². The van der Waals surface area contributed by atoms with E-state index in [9.17, 15) is 0 Å². The van der Waals surface area contributed by atoms with Crippen LogP contribution in [0, 0.1) is 0 Å². The van der Waals surface area contributed by atoms with Crippen molar-refractivity contribution in [2.24, 2.45) is 0 Å². The van der Waals surface area contributed by atoms with Crippen molar-refractivity contribution in [1.82, 2.24) is 0 Å². The maximum atomic E-state index is 6.38. The quantitative estimate of drug-likeness (QED) is 0.624. The van der Waals surface area contributed by atoms with E-state index in [0.29, 0.717) is 0 Å². The van der Waals surface area contributed by atoms with Gasteiger partial charge in [0, 0.05) is 28.1 Å². The highest BCUT2D eigenvalue weighted by atomic mass is 35.5. The van der Waals surface area contributed by atoms with Crippen LogP contribution in [0.1, 0.15) is 40.8 Å². The molecule has 1 aliphatic rings. The third-order valence-corrected chi connectivity index (χ3v) is 6.36. The van der Waals surface area contributed by atoms with E-state index in [1.54, 1.807) is 14.2 Å². The van der Waals surface area contributed by atoms with Crippen molar-refractivity contribution in [2.45, 2.75) is 32.4 Å². The highest BCUT2D eigenvalue weighted by Gasteiger charge is 2.34. The Hall–Kier alpha value is -2.49. The number of hydrogen-bond acceptors (Lipinski definition) is 2. The molecule has 0 spiro atoms. The van der Waals surface area contributed by atoms with Gasteiger partial charge in [-0.15, -0.1) is 0 Å². The first-order valence-corrected chi connectivity index (χ1v) is 10.9. The number of nitrogens with one attached hydrogen (secondary N) is 1. The number of quaternary nitrogens is 1. The average Bonchev–Trinajstić information content (AvgIpc) is 2.78. The molecule has 0 amide bonds. The molecule has 2 atom stereocenters. The van der Waals surface area contributed by atoms with E-state index in [0.717, 1.165) is 42.5 Å². The van der Waals surface area contributed by atoms with Crippen LogP contribution >= 0.6 is 11.6 Å². The lowest BCUT2D eigenvalue weighted by atomic mass is 9.87. The standard InChI is InChI=1S/C26H28ClNO2/c1-4-18-8-10-19(11-9-18)17-28-13-12-20-15-24(29-2)25(30-3)16-23(20)26(28)21-6-5-7-22(27)14-21/h5-11,14-16,26H,4,12-13,17H2,1-3H3/p+1/t26-/m0/s1. The van der Waals surface area contributed by atoms with Crippen LogP contribution in [0.5, 0.6) is 11.5 Å². The molecule has 0 radical (unpaired) electrons. The fourth-order valence-corrected chi connectivity index (χ4v) is 4.73. The first-order valence-electron chi connectivity index (χ1n) is 10.6. The molecule has 0 saturated carbocycles. The molecule has 0 bridgehead atoms. The summed E-state index contributed by atoms with van der Waals surface area (Å²) in [7, 11) is 3.39. The maximum absolute atomic E-state index is 6.38. The van der Waals surface area contributed by atoms with Crippen molar-refractivity contribution >= 4 is 11.6 Å². The van der Waals surface area contributed by atoms with Crippen LogP contribution in [-0.2, 0) is 19.4 Å². The van der Waals surface area contributed by atoms with E-state index in [4.69, 9.17) is 21.1 Å². The van der Waals surface area contributed by atoms with Gasteiger partial charge < -0.3 is 14.4 Å². The summed E-state index contributed by atoms with van der Waals surface area (Å²) in [6.45, 7) is 4.21. The van der Waals surface area contributed by atoms with Gasteiger partial charge in [-0.25, -0.2) is 0 Å². The zero-order valence-corrected chi connectivity index (χ0v) is 18.6. The van der Waals surface area contributed by atoms with Crippen LogP contribution in [-0.4, -0.2) is 20.8 Å². The molecule has 3 nitrogen and oxygen atoms in total. The second-order valence-electron chi connectivity index (χ2n) is 7.90. The van der Waals surface area contributed by atoms with Crippen LogP contribution in [0.15, 0.2) is 60.7 Å². The van der Waals surface area contributed by atoms with Gasteiger partial charge in [0.2, 0.25) is 0 Å². The van der Waals surface area contributed by atoms with Gasteiger partial charge in [0.05, 0.1) is 20.8 Å². The van der Waals surface area contributed by atoms with Crippen molar-refractivity contribution in [3.05, 3.63) is 93.5 Å². The lowest BCUT2D eigenvalue weighted by Crippen LogP contribution is -3.12.